The van der Waals surface area contributed by atoms with E-state index in [9.17, 15) is 19.7 Å². The molecule has 0 fully saturated rings. The molecule has 11 heteroatoms. The van der Waals surface area contributed by atoms with Crippen LogP contribution in [0.3, 0.4) is 0 Å². The van der Waals surface area contributed by atoms with Gasteiger partial charge in [0, 0.05) is 25.2 Å². The van der Waals surface area contributed by atoms with E-state index >= 15 is 0 Å². The molecule has 11 nitrogen and oxygen atoms in total. The largest absolute Gasteiger partial charge is 0.382 e. The molecule has 1 aromatic carbocycles. The van der Waals surface area contributed by atoms with Crippen molar-refractivity contribution in [2.75, 3.05) is 12.3 Å². The van der Waals surface area contributed by atoms with Crippen LogP contribution in [-0.4, -0.2) is 47.7 Å². The Morgan fingerprint density at radius 1 is 1.07 bits per heavy atom. The first-order chi connectivity index (χ1) is 13.0. The summed E-state index contributed by atoms with van der Waals surface area (Å²) < 4.78 is 1.76. The Balaban J connectivity index is 1.48. The standard InChI is InChI=1S/C16H13N7O4/c17-13-12-14(19-7-18-13)21(8-20-12)4-1-5-22-15(24)10-3-2-9(23(26)27)6-11(10)16(22)25/h2-3,6-8H,1,4-5H2,(H2,17,18,19). The Hall–Kier alpha value is -3.89. The van der Waals surface area contributed by atoms with Crippen molar-refractivity contribution in [1.29, 1.82) is 0 Å². The fourth-order valence-electron chi connectivity index (χ4n) is 3.06. The second kappa shape index (κ2) is 6.12. The number of carbonyl (C=O) groups excluding carboxylic acids is 2. The van der Waals surface area contributed by atoms with Gasteiger partial charge in [0.15, 0.2) is 11.5 Å². The van der Waals surface area contributed by atoms with Crippen molar-refractivity contribution in [3.63, 3.8) is 0 Å². The molecule has 2 N–H and O–H groups in total. The summed E-state index contributed by atoms with van der Waals surface area (Å²) in [5.41, 5.74) is 6.82. The molecule has 0 bridgehead atoms. The Bertz CT molecular complexity index is 1110. The van der Waals surface area contributed by atoms with Crippen molar-refractivity contribution in [1.82, 2.24) is 24.4 Å². The number of rotatable bonds is 5. The molecule has 27 heavy (non-hydrogen) atoms. The highest BCUT2D eigenvalue weighted by Crippen LogP contribution is 2.27. The van der Waals surface area contributed by atoms with Crippen molar-refractivity contribution in [2.24, 2.45) is 0 Å². The fraction of sp³-hybridized carbons (Fsp3) is 0.188. The van der Waals surface area contributed by atoms with E-state index in [-0.39, 0.29) is 29.2 Å². The van der Waals surface area contributed by atoms with E-state index in [1.54, 1.807) is 10.9 Å². The molecule has 1 aliphatic heterocycles. The van der Waals surface area contributed by atoms with Crippen molar-refractivity contribution in [2.45, 2.75) is 13.0 Å². The number of benzene rings is 1. The molecule has 0 aliphatic carbocycles. The number of anilines is 1. The zero-order chi connectivity index (χ0) is 19.1. The SMILES string of the molecule is Nc1ncnc2c1ncn2CCCN1C(=O)c2ccc([N+](=O)[O-])cc2C1=O. The molecule has 0 unspecified atom stereocenters. The predicted molar refractivity (Wildman–Crippen MR) is 92.8 cm³/mol. The first kappa shape index (κ1) is 16.6. The fourth-order valence-corrected chi connectivity index (χ4v) is 3.06. The molecule has 0 saturated carbocycles. The number of aryl methyl sites for hydroxylation is 1. The lowest BCUT2D eigenvalue weighted by atomic mass is 10.1. The number of nitrogen functional groups attached to an aromatic ring is 1. The summed E-state index contributed by atoms with van der Waals surface area (Å²) in [5, 5.41) is 10.9. The molecule has 2 aromatic heterocycles. The molecule has 0 saturated heterocycles. The summed E-state index contributed by atoms with van der Waals surface area (Å²) in [6.07, 6.45) is 3.37. The van der Waals surface area contributed by atoms with Gasteiger partial charge < -0.3 is 10.3 Å². The first-order valence-corrected chi connectivity index (χ1v) is 8.03. The van der Waals surface area contributed by atoms with Crippen LogP contribution in [0.1, 0.15) is 27.1 Å². The number of hydrogen-bond acceptors (Lipinski definition) is 8. The van der Waals surface area contributed by atoms with Gasteiger partial charge in [-0.05, 0) is 12.5 Å². The second-order valence-corrected chi connectivity index (χ2v) is 5.97. The summed E-state index contributed by atoms with van der Waals surface area (Å²) in [6.45, 7) is 0.626. The lowest BCUT2D eigenvalue weighted by molar-refractivity contribution is -0.384. The van der Waals surface area contributed by atoms with E-state index in [0.717, 1.165) is 11.0 Å². The molecule has 2 amide bonds. The quantitative estimate of drug-likeness (QED) is 0.398. The van der Waals surface area contributed by atoms with E-state index < -0.39 is 16.7 Å². The number of aromatic nitrogens is 4. The van der Waals surface area contributed by atoms with Gasteiger partial charge in [-0.3, -0.25) is 24.6 Å². The summed E-state index contributed by atoms with van der Waals surface area (Å²) in [5.74, 6) is -0.701. The Kier molecular flexibility index (Phi) is 3.76. The number of imidazole rings is 1. The molecule has 0 spiro atoms. The molecule has 136 valence electrons. The van der Waals surface area contributed by atoms with E-state index in [0.29, 0.717) is 24.1 Å². The summed E-state index contributed by atoms with van der Waals surface area (Å²) >= 11 is 0. The minimum Gasteiger partial charge on any atom is -0.382 e. The number of nitro benzene ring substituents is 1. The number of nitro groups is 1. The van der Waals surface area contributed by atoms with Crippen LogP contribution in [0.5, 0.6) is 0 Å². The zero-order valence-corrected chi connectivity index (χ0v) is 13.9. The summed E-state index contributed by atoms with van der Waals surface area (Å²) in [4.78, 5) is 48.4. The highest BCUT2D eigenvalue weighted by molar-refractivity contribution is 6.21. The zero-order valence-electron chi connectivity index (χ0n) is 13.9. The maximum Gasteiger partial charge on any atom is 0.270 e. The van der Waals surface area contributed by atoms with Gasteiger partial charge in [-0.25, -0.2) is 15.0 Å². The topological polar surface area (TPSA) is 150 Å². The van der Waals surface area contributed by atoms with Crippen molar-refractivity contribution in [3.8, 4) is 0 Å². The summed E-state index contributed by atoms with van der Waals surface area (Å²) in [6, 6.07) is 3.67. The van der Waals surface area contributed by atoms with E-state index in [1.165, 1.54) is 18.5 Å². The van der Waals surface area contributed by atoms with Crippen molar-refractivity contribution in [3.05, 3.63) is 52.1 Å². The normalized spacial score (nSPS) is 13.4. The van der Waals surface area contributed by atoms with Gasteiger partial charge in [-0.15, -0.1) is 0 Å². The van der Waals surface area contributed by atoms with Crippen LogP contribution in [0.2, 0.25) is 0 Å². The average Bonchev–Trinajstić information content (AvgIpc) is 3.17. The maximum atomic E-state index is 12.5. The molecule has 0 atom stereocenters. The lowest BCUT2D eigenvalue weighted by Gasteiger charge is -2.13. The highest BCUT2D eigenvalue weighted by Gasteiger charge is 2.36. The number of hydrogen-bond donors (Lipinski definition) is 1. The van der Waals surface area contributed by atoms with Crippen LogP contribution in [-0.2, 0) is 6.54 Å². The second-order valence-electron chi connectivity index (χ2n) is 5.97. The van der Waals surface area contributed by atoms with Gasteiger partial charge >= 0.3 is 0 Å². The van der Waals surface area contributed by atoms with Crippen molar-refractivity contribution < 1.29 is 14.5 Å². The van der Waals surface area contributed by atoms with Crippen LogP contribution >= 0.6 is 0 Å². The molecule has 0 radical (unpaired) electrons. The van der Waals surface area contributed by atoms with Crippen molar-refractivity contribution >= 4 is 34.5 Å². The van der Waals surface area contributed by atoms with Gasteiger partial charge in [-0.1, -0.05) is 0 Å². The number of carbonyl (C=O) groups is 2. The number of fused-ring (bicyclic) bond motifs is 2. The average molecular weight is 367 g/mol. The smallest absolute Gasteiger partial charge is 0.270 e. The van der Waals surface area contributed by atoms with Crippen LogP contribution in [0.15, 0.2) is 30.9 Å². The number of amides is 2. The number of nitrogens with zero attached hydrogens (tertiary/aromatic N) is 6. The Morgan fingerprint density at radius 3 is 2.63 bits per heavy atom. The number of imide groups is 1. The molecular formula is C16H13N7O4. The molecule has 1 aliphatic rings. The highest BCUT2D eigenvalue weighted by atomic mass is 16.6. The molecular weight excluding hydrogens is 354 g/mol. The van der Waals surface area contributed by atoms with Gasteiger partial charge in [0.2, 0.25) is 0 Å². The van der Waals surface area contributed by atoms with Gasteiger partial charge in [-0.2, -0.15) is 0 Å². The van der Waals surface area contributed by atoms with Gasteiger partial charge in [0.1, 0.15) is 11.8 Å². The van der Waals surface area contributed by atoms with E-state index in [1.807, 2.05) is 0 Å². The lowest BCUT2D eigenvalue weighted by Crippen LogP contribution is -2.31. The summed E-state index contributed by atoms with van der Waals surface area (Å²) in [7, 11) is 0. The van der Waals surface area contributed by atoms with Gasteiger partial charge in [0.05, 0.1) is 22.4 Å². The van der Waals surface area contributed by atoms with Crippen LogP contribution in [0.4, 0.5) is 11.5 Å². The monoisotopic (exact) mass is 367 g/mol. The number of non-ortho nitro benzene ring substituents is 1. The van der Waals surface area contributed by atoms with Crippen LogP contribution in [0.25, 0.3) is 11.2 Å². The van der Waals surface area contributed by atoms with E-state index in [2.05, 4.69) is 15.0 Å². The minimum atomic E-state index is -0.599. The van der Waals surface area contributed by atoms with Crippen LogP contribution < -0.4 is 5.73 Å². The third-order valence-electron chi connectivity index (χ3n) is 4.38. The number of nitrogens with two attached hydrogens (primary N) is 1. The predicted octanol–water partition coefficient (Wildman–Crippen LogP) is 1.00. The van der Waals surface area contributed by atoms with Gasteiger partial charge in [0.25, 0.3) is 17.5 Å². The third kappa shape index (κ3) is 2.65. The van der Waals surface area contributed by atoms with E-state index in [4.69, 9.17) is 5.73 Å². The Morgan fingerprint density at radius 2 is 1.85 bits per heavy atom. The Labute approximate surface area is 151 Å². The molecule has 4 rings (SSSR count). The third-order valence-corrected chi connectivity index (χ3v) is 4.38. The van der Waals surface area contributed by atoms with Crippen LogP contribution in [0, 0.1) is 10.1 Å². The first-order valence-electron chi connectivity index (χ1n) is 8.03. The maximum absolute atomic E-state index is 12.5. The molecule has 3 aromatic rings. The molecule has 3 heterocycles. The minimum absolute atomic E-state index is 0.0581.